The van der Waals surface area contributed by atoms with Gasteiger partial charge in [0.1, 0.15) is 12.4 Å². The summed E-state index contributed by atoms with van der Waals surface area (Å²) in [5, 5.41) is 15.4. The Morgan fingerprint density at radius 3 is 2.71 bits per heavy atom. The van der Waals surface area contributed by atoms with Crippen molar-refractivity contribution in [1.82, 2.24) is 14.9 Å². The molecule has 1 heterocycles. The number of nitrogens with zero attached hydrogens (tertiary/aromatic N) is 4. The summed E-state index contributed by atoms with van der Waals surface area (Å²) in [5.41, 5.74) is 5.33. The fourth-order valence-electron chi connectivity index (χ4n) is 2.97. The molecule has 0 saturated carbocycles. The first-order valence-electron chi connectivity index (χ1n) is 10.5. The fraction of sp³-hybridized carbons (Fsp3) is 0.0833. The zero-order valence-corrected chi connectivity index (χ0v) is 20.9. The molecule has 0 aliphatic carbocycles. The highest BCUT2D eigenvalue weighted by Crippen LogP contribution is 2.20. The quantitative estimate of drug-likeness (QED) is 0.115. The maximum Gasteiger partial charge on any atom is 0.264 e. The van der Waals surface area contributed by atoms with Gasteiger partial charge in [0, 0.05) is 15.7 Å². The molecule has 35 heavy (non-hydrogen) atoms. The first-order valence-corrected chi connectivity index (χ1v) is 12.3. The summed E-state index contributed by atoms with van der Waals surface area (Å²) in [5.74, 6) is 6.94. The van der Waals surface area contributed by atoms with Crippen molar-refractivity contribution in [1.29, 1.82) is 0 Å². The number of para-hydroxylation sites is 2. The van der Waals surface area contributed by atoms with Crippen LogP contribution in [-0.4, -0.2) is 32.7 Å². The third-order valence-corrected chi connectivity index (χ3v) is 6.06. The number of hydrogen-bond donors (Lipinski definition) is 3. The molecular weight excluding hydrogens is 530 g/mol. The number of ether oxygens (including phenoxy) is 1. The number of nitrogens with two attached hydrogens (primary N) is 1. The Morgan fingerprint density at radius 2 is 1.89 bits per heavy atom. The molecule has 0 radical (unpaired) electrons. The maximum absolute atomic E-state index is 12.1. The summed E-state index contributed by atoms with van der Waals surface area (Å²) in [7, 11) is 0. The highest BCUT2D eigenvalue weighted by Gasteiger charge is 2.12. The van der Waals surface area contributed by atoms with Crippen LogP contribution in [0.15, 0.2) is 93.6 Å². The Morgan fingerprint density at radius 1 is 1.09 bits per heavy atom. The van der Waals surface area contributed by atoms with E-state index in [0.717, 1.165) is 21.3 Å². The number of carbonyl (C=O) groups excluding carboxylic acids is 1. The van der Waals surface area contributed by atoms with E-state index in [-0.39, 0.29) is 17.6 Å². The Hall–Kier alpha value is -3.83. The molecule has 0 bridgehead atoms. The Bertz CT molecular complexity index is 1310. The smallest absolute Gasteiger partial charge is 0.264 e. The van der Waals surface area contributed by atoms with E-state index in [2.05, 4.69) is 42.0 Å². The van der Waals surface area contributed by atoms with Crippen molar-refractivity contribution in [2.75, 3.05) is 22.3 Å². The number of anilines is 2. The van der Waals surface area contributed by atoms with Crippen molar-refractivity contribution >= 4 is 51.4 Å². The molecule has 0 spiro atoms. The number of hydrogen-bond acceptors (Lipinski definition) is 8. The number of hydrazone groups is 1. The van der Waals surface area contributed by atoms with Crippen LogP contribution in [0.2, 0.25) is 0 Å². The van der Waals surface area contributed by atoms with Gasteiger partial charge in [-0.1, -0.05) is 70.2 Å². The lowest BCUT2D eigenvalue weighted by molar-refractivity contribution is -0.113. The van der Waals surface area contributed by atoms with Gasteiger partial charge in [-0.15, -0.1) is 10.2 Å². The van der Waals surface area contributed by atoms with Gasteiger partial charge in [0.15, 0.2) is 0 Å². The van der Waals surface area contributed by atoms with Crippen LogP contribution in [0.5, 0.6) is 5.75 Å². The van der Waals surface area contributed by atoms with Gasteiger partial charge in [-0.3, -0.25) is 4.79 Å². The van der Waals surface area contributed by atoms with Gasteiger partial charge in [0.05, 0.1) is 12.0 Å². The summed E-state index contributed by atoms with van der Waals surface area (Å²) in [6, 6.07) is 24.7. The molecular formula is C24H22BrN7O2S. The number of aromatic nitrogens is 3. The van der Waals surface area contributed by atoms with Crippen LogP contribution in [-0.2, 0) is 11.4 Å². The molecule has 11 heteroatoms. The molecule has 3 aromatic carbocycles. The normalized spacial score (nSPS) is 10.9. The maximum atomic E-state index is 12.1. The number of nitrogens with one attached hydrogen (secondary N) is 2. The van der Waals surface area contributed by atoms with Crippen molar-refractivity contribution in [3.8, 4) is 5.75 Å². The van der Waals surface area contributed by atoms with E-state index in [9.17, 15) is 4.79 Å². The number of halogens is 1. The van der Waals surface area contributed by atoms with E-state index < -0.39 is 0 Å². The largest absolute Gasteiger partial charge is 0.488 e. The SMILES string of the molecule is Nn1c(N/N=C/c2ccccc2OCc2cccc(Br)c2)nnc1SCC(=O)Nc1ccccc1. The van der Waals surface area contributed by atoms with Gasteiger partial charge >= 0.3 is 0 Å². The molecule has 0 aliphatic rings. The van der Waals surface area contributed by atoms with E-state index >= 15 is 0 Å². The van der Waals surface area contributed by atoms with E-state index in [4.69, 9.17) is 10.6 Å². The minimum Gasteiger partial charge on any atom is -0.488 e. The zero-order valence-electron chi connectivity index (χ0n) is 18.5. The summed E-state index contributed by atoms with van der Waals surface area (Å²) in [4.78, 5) is 12.1. The minimum absolute atomic E-state index is 0.135. The number of rotatable bonds is 10. The van der Waals surface area contributed by atoms with Gasteiger partial charge in [0.2, 0.25) is 11.1 Å². The molecule has 0 fully saturated rings. The van der Waals surface area contributed by atoms with Gasteiger partial charge in [-0.25, -0.2) is 10.1 Å². The second-order valence-corrected chi connectivity index (χ2v) is 9.06. The summed E-state index contributed by atoms with van der Waals surface area (Å²) in [6.45, 7) is 0.424. The molecule has 9 nitrogen and oxygen atoms in total. The van der Waals surface area contributed by atoms with Crippen molar-refractivity contribution in [3.63, 3.8) is 0 Å². The molecule has 0 aliphatic heterocycles. The van der Waals surface area contributed by atoms with Crippen LogP contribution >= 0.6 is 27.7 Å². The van der Waals surface area contributed by atoms with Gasteiger partial charge in [-0.05, 0) is 42.0 Å². The second kappa shape index (κ2) is 12.0. The Labute approximate surface area is 214 Å². The minimum atomic E-state index is -0.170. The van der Waals surface area contributed by atoms with Gasteiger partial charge in [0.25, 0.3) is 5.95 Å². The van der Waals surface area contributed by atoms with Crippen molar-refractivity contribution in [2.24, 2.45) is 5.10 Å². The van der Waals surface area contributed by atoms with Crippen LogP contribution in [0.25, 0.3) is 0 Å². The van der Waals surface area contributed by atoms with Gasteiger partial charge < -0.3 is 15.9 Å². The summed E-state index contributed by atoms with van der Waals surface area (Å²) >= 11 is 4.64. The zero-order chi connectivity index (χ0) is 24.5. The third kappa shape index (κ3) is 7.08. The van der Waals surface area contributed by atoms with Crippen LogP contribution in [0.4, 0.5) is 11.6 Å². The lowest BCUT2D eigenvalue weighted by Crippen LogP contribution is -2.16. The number of benzene rings is 3. The van der Waals surface area contributed by atoms with Crippen LogP contribution in [0.1, 0.15) is 11.1 Å². The van der Waals surface area contributed by atoms with Crippen molar-refractivity contribution in [3.05, 3.63) is 94.5 Å². The van der Waals surface area contributed by atoms with Crippen LogP contribution in [0.3, 0.4) is 0 Å². The predicted octanol–water partition coefficient (Wildman–Crippen LogP) is 4.51. The van der Waals surface area contributed by atoms with Crippen LogP contribution in [0, 0.1) is 0 Å². The first-order chi connectivity index (χ1) is 17.1. The van der Waals surface area contributed by atoms with E-state index in [1.807, 2.05) is 78.9 Å². The Kier molecular flexibility index (Phi) is 8.36. The number of carbonyl (C=O) groups is 1. The lowest BCUT2D eigenvalue weighted by atomic mass is 10.2. The van der Waals surface area contributed by atoms with E-state index in [1.54, 1.807) is 6.21 Å². The summed E-state index contributed by atoms with van der Waals surface area (Å²) in [6.07, 6.45) is 1.62. The molecule has 0 saturated heterocycles. The Balaban J connectivity index is 1.32. The molecule has 4 N–H and O–H groups in total. The number of thioether (sulfide) groups is 1. The molecule has 4 rings (SSSR count). The third-order valence-electron chi connectivity index (χ3n) is 4.63. The fourth-order valence-corrected chi connectivity index (χ4v) is 4.07. The average Bonchev–Trinajstić information content (AvgIpc) is 3.22. The van der Waals surface area contributed by atoms with E-state index in [1.165, 1.54) is 16.4 Å². The summed E-state index contributed by atoms with van der Waals surface area (Å²) < 4.78 is 8.21. The first kappa shape index (κ1) is 24.3. The molecule has 1 amide bonds. The molecule has 0 atom stereocenters. The van der Waals surface area contributed by atoms with Gasteiger partial charge in [-0.2, -0.15) is 5.10 Å². The average molecular weight is 552 g/mol. The number of nitrogen functional groups attached to an aromatic ring is 1. The topological polar surface area (TPSA) is 119 Å². The van der Waals surface area contributed by atoms with Crippen molar-refractivity contribution < 1.29 is 9.53 Å². The predicted molar refractivity (Wildman–Crippen MR) is 142 cm³/mol. The molecule has 178 valence electrons. The lowest BCUT2D eigenvalue weighted by Gasteiger charge is -2.09. The van der Waals surface area contributed by atoms with Crippen molar-refractivity contribution in [2.45, 2.75) is 11.8 Å². The number of amides is 1. The standard InChI is InChI=1S/C24H22BrN7O2S/c25-19-9-6-7-17(13-19)15-34-21-12-5-4-8-18(21)14-27-29-23-30-31-24(32(23)26)35-16-22(33)28-20-10-2-1-3-11-20/h1-14H,15-16,26H2,(H,28,33)(H,29,30)/b27-14+. The van der Waals surface area contributed by atoms with E-state index in [0.29, 0.717) is 17.5 Å². The highest BCUT2D eigenvalue weighted by atomic mass is 79.9. The molecule has 0 unspecified atom stereocenters. The van der Waals surface area contributed by atoms with Crippen LogP contribution < -0.4 is 21.3 Å². The highest BCUT2D eigenvalue weighted by molar-refractivity contribution is 9.10. The monoisotopic (exact) mass is 551 g/mol. The molecule has 1 aromatic heterocycles. The second-order valence-electron chi connectivity index (χ2n) is 7.21. The molecule has 4 aromatic rings.